The van der Waals surface area contributed by atoms with Gasteiger partial charge in [0.2, 0.25) is 0 Å². The molecule has 0 saturated heterocycles. The molecule has 3 N–H and O–H groups in total. The highest BCUT2D eigenvalue weighted by Crippen LogP contribution is 2.30. The summed E-state index contributed by atoms with van der Waals surface area (Å²) in [6.45, 7) is 3.42. The zero-order valence-electron chi connectivity index (χ0n) is 12.1. The Hall–Kier alpha value is -1.77. The number of hydrogen-bond donors (Lipinski definition) is 2. The third kappa shape index (κ3) is 2.72. The second-order valence-electron chi connectivity index (χ2n) is 6.12. The molecule has 3 rings (SSSR count). The first-order valence-corrected chi connectivity index (χ1v) is 7.61. The fraction of sp³-hybridized carbons (Fsp3) is 0.471. The van der Waals surface area contributed by atoms with Crippen LogP contribution in [0.5, 0.6) is 0 Å². The minimum atomic E-state index is 0.748. The highest BCUT2D eigenvalue weighted by atomic mass is 14.9. The highest BCUT2D eigenvalue weighted by molar-refractivity contribution is 5.98. The number of benzene rings is 1. The van der Waals surface area contributed by atoms with Crippen molar-refractivity contribution in [2.45, 2.75) is 32.6 Å². The molecule has 2 atom stereocenters. The van der Waals surface area contributed by atoms with Crippen molar-refractivity contribution in [2.75, 3.05) is 17.6 Å². The number of anilines is 2. The third-order valence-corrected chi connectivity index (χ3v) is 4.43. The molecule has 106 valence electrons. The molecule has 0 bridgehead atoms. The van der Waals surface area contributed by atoms with Crippen LogP contribution in [-0.4, -0.2) is 11.5 Å². The fourth-order valence-corrected chi connectivity index (χ4v) is 3.35. The third-order valence-electron chi connectivity index (χ3n) is 4.43. The minimum Gasteiger partial charge on any atom is -0.397 e. The van der Waals surface area contributed by atoms with E-state index < -0.39 is 0 Å². The lowest BCUT2D eigenvalue weighted by Gasteiger charge is -2.27. The summed E-state index contributed by atoms with van der Waals surface area (Å²) in [5.74, 6) is 1.67. The van der Waals surface area contributed by atoms with Crippen LogP contribution in [0.15, 0.2) is 30.5 Å². The molecule has 3 heteroatoms. The number of aromatic nitrogens is 1. The van der Waals surface area contributed by atoms with E-state index >= 15 is 0 Å². The Morgan fingerprint density at radius 3 is 3.05 bits per heavy atom. The van der Waals surface area contributed by atoms with Crippen LogP contribution in [0.3, 0.4) is 0 Å². The zero-order chi connectivity index (χ0) is 13.9. The molecular weight excluding hydrogens is 246 g/mol. The Morgan fingerprint density at radius 2 is 2.20 bits per heavy atom. The molecule has 0 spiro atoms. The molecule has 2 aromatic rings. The Kier molecular flexibility index (Phi) is 3.77. The van der Waals surface area contributed by atoms with Gasteiger partial charge >= 0.3 is 0 Å². The van der Waals surface area contributed by atoms with E-state index in [1.54, 1.807) is 6.20 Å². The molecule has 1 fully saturated rings. The first kappa shape index (κ1) is 13.2. The molecule has 0 radical (unpaired) electrons. The molecule has 0 amide bonds. The van der Waals surface area contributed by atoms with Crippen LogP contribution in [0, 0.1) is 11.8 Å². The molecule has 0 aliphatic heterocycles. The van der Waals surface area contributed by atoms with Crippen molar-refractivity contribution < 1.29 is 0 Å². The zero-order valence-corrected chi connectivity index (χ0v) is 12.1. The van der Waals surface area contributed by atoms with Crippen molar-refractivity contribution in [3.05, 3.63) is 30.5 Å². The van der Waals surface area contributed by atoms with E-state index in [1.165, 1.54) is 25.7 Å². The van der Waals surface area contributed by atoms with Gasteiger partial charge in [0.1, 0.15) is 0 Å². The summed E-state index contributed by atoms with van der Waals surface area (Å²) in [5.41, 5.74) is 8.79. The standard InChI is InChI=1S/C17H23N3/c1-12-4-2-5-13(10-12)11-20-16-8-7-15(18)17-14(16)6-3-9-19-17/h3,6-9,12-13,20H,2,4-5,10-11,18H2,1H3. The molecule has 1 heterocycles. The van der Waals surface area contributed by atoms with Gasteiger partial charge < -0.3 is 11.1 Å². The van der Waals surface area contributed by atoms with Crippen LogP contribution in [-0.2, 0) is 0 Å². The summed E-state index contributed by atoms with van der Waals surface area (Å²) in [5, 5.41) is 4.73. The topological polar surface area (TPSA) is 50.9 Å². The number of nitrogens with one attached hydrogen (secondary N) is 1. The van der Waals surface area contributed by atoms with Crippen molar-refractivity contribution in [1.29, 1.82) is 0 Å². The molecule has 1 aromatic heterocycles. The van der Waals surface area contributed by atoms with E-state index in [2.05, 4.69) is 29.4 Å². The molecule has 1 aliphatic carbocycles. The van der Waals surface area contributed by atoms with Gasteiger partial charge in [-0.25, -0.2) is 0 Å². The van der Waals surface area contributed by atoms with Crippen LogP contribution in [0.25, 0.3) is 10.9 Å². The second-order valence-corrected chi connectivity index (χ2v) is 6.12. The van der Waals surface area contributed by atoms with Crippen molar-refractivity contribution in [1.82, 2.24) is 4.98 Å². The van der Waals surface area contributed by atoms with E-state index in [9.17, 15) is 0 Å². The molecule has 1 aliphatic rings. The van der Waals surface area contributed by atoms with Crippen LogP contribution in [0.4, 0.5) is 11.4 Å². The van der Waals surface area contributed by atoms with Gasteiger partial charge in [-0.05, 0) is 48.9 Å². The van der Waals surface area contributed by atoms with Crippen molar-refractivity contribution in [2.24, 2.45) is 11.8 Å². The number of nitrogens with zero attached hydrogens (tertiary/aromatic N) is 1. The van der Waals surface area contributed by atoms with Crippen molar-refractivity contribution >= 4 is 22.3 Å². The highest BCUT2D eigenvalue weighted by Gasteiger charge is 2.18. The molecule has 3 nitrogen and oxygen atoms in total. The maximum absolute atomic E-state index is 5.99. The summed E-state index contributed by atoms with van der Waals surface area (Å²) in [6.07, 6.45) is 7.26. The lowest BCUT2D eigenvalue weighted by atomic mass is 9.82. The lowest BCUT2D eigenvalue weighted by molar-refractivity contribution is 0.293. The normalized spacial score (nSPS) is 22.9. The Balaban J connectivity index is 1.76. The van der Waals surface area contributed by atoms with Crippen LogP contribution in [0.1, 0.15) is 32.6 Å². The first-order chi connectivity index (χ1) is 9.74. The summed E-state index contributed by atoms with van der Waals surface area (Å²) in [4.78, 5) is 4.38. The maximum Gasteiger partial charge on any atom is 0.0951 e. The number of rotatable bonds is 3. The van der Waals surface area contributed by atoms with Crippen LogP contribution in [0.2, 0.25) is 0 Å². The molecule has 1 aromatic carbocycles. The van der Waals surface area contributed by atoms with E-state index in [0.29, 0.717) is 0 Å². The van der Waals surface area contributed by atoms with Crippen molar-refractivity contribution in [3.8, 4) is 0 Å². The number of fused-ring (bicyclic) bond motifs is 1. The Morgan fingerprint density at radius 1 is 1.30 bits per heavy atom. The number of pyridine rings is 1. The maximum atomic E-state index is 5.99. The largest absolute Gasteiger partial charge is 0.397 e. The molecular formula is C17H23N3. The lowest BCUT2D eigenvalue weighted by Crippen LogP contribution is -2.21. The van der Waals surface area contributed by atoms with Crippen LogP contribution >= 0.6 is 0 Å². The number of hydrogen-bond acceptors (Lipinski definition) is 3. The van der Waals surface area contributed by atoms with Gasteiger partial charge in [0.15, 0.2) is 0 Å². The average molecular weight is 269 g/mol. The fourth-order valence-electron chi connectivity index (χ4n) is 3.35. The van der Waals surface area contributed by atoms with Gasteiger partial charge in [-0.15, -0.1) is 0 Å². The summed E-state index contributed by atoms with van der Waals surface area (Å²) in [6, 6.07) is 8.08. The van der Waals surface area contributed by atoms with Gasteiger partial charge in [0.05, 0.1) is 11.2 Å². The monoisotopic (exact) mass is 269 g/mol. The average Bonchev–Trinajstić information content (AvgIpc) is 2.47. The minimum absolute atomic E-state index is 0.748. The first-order valence-electron chi connectivity index (χ1n) is 7.61. The van der Waals surface area contributed by atoms with Crippen LogP contribution < -0.4 is 11.1 Å². The molecule has 20 heavy (non-hydrogen) atoms. The second kappa shape index (κ2) is 5.70. The summed E-state index contributed by atoms with van der Waals surface area (Å²) >= 11 is 0. The van der Waals surface area contributed by atoms with Gasteiger partial charge in [-0.1, -0.05) is 19.8 Å². The van der Waals surface area contributed by atoms with E-state index in [4.69, 9.17) is 5.73 Å². The number of nitrogen functional groups attached to an aromatic ring is 1. The van der Waals surface area contributed by atoms with E-state index in [-0.39, 0.29) is 0 Å². The van der Waals surface area contributed by atoms with E-state index in [0.717, 1.165) is 40.7 Å². The SMILES string of the molecule is CC1CCCC(CNc2ccc(N)c3ncccc23)C1. The van der Waals surface area contributed by atoms with Gasteiger partial charge in [-0.2, -0.15) is 0 Å². The molecule has 1 saturated carbocycles. The quantitative estimate of drug-likeness (QED) is 0.826. The Bertz CT molecular complexity index is 594. The Labute approximate surface area is 120 Å². The summed E-state index contributed by atoms with van der Waals surface area (Å²) in [7, 11) is 0. The van der Waals surface area contributed by atoms with Crippen molar-refractivity contribution in [3.63, 3.8) is 0 Å². The van der Waals surface area contributed by atoms with Gasteiger partial charge in [0.25, 0.3) is 0 Å². The van der Waals surface area contributed by atoms with Gasteiger partial charge in [-0.3, -0.25) is 4.98 Å². The number of nitrogens with two attached hydrogens (primary N) is 1. The van der Waals surface area contributed by atoms with E-state index in [1.807, 2.05) is 12.1 Å². The predicted molar refractivity (Wildman–Crippen MR) is 85.8 cm³/mol. The van der Waals surface area contributed by atoms with Gasteiger partial charge in [0, 0.05) is 23.8 Å². The summed E-state index contributed by atoms with van der Waals surface area (Å²) < 4.78 is 0. The smallest absolute Gasteiger partial charge is 0.0951 e. The predicted octanol–water partition coefficient (Wildman–Crippen LogP) is 4.06. The molecule has 2 unspecified atom stereocenters.